The predicted octanol–water partition coefficient (Wildman–Crippen LogP) is 3.30. The summed E-state index contributed by atoms with van der Waals surface area (Å²) in [6, 6.07) is 7.93. The van der Waals surface area contributed by atoms with Crippen molar-refractivity contribution >= 4 is 17.4 Å². The van der Waals surface area contributed by atoms with E-state index in [1.807, 2.05) is 24.3 Å². The summed E-state index contributed by atoms with van der Waals surface area (Å²) in [5, 5.41) is 11.9. The fraction of sp³-hybridized carbons (Fsp3) is 0.444. The third-order valence-electron chi connectivity index (χ3n) is 4.22. The Bertz CT molecular complexity index is 723. The van der Waals surface area contributed by atoms with Gasteiger partial charge in [-0.1, -0.05) is 0 Å². The van der Waals surface area contributed by atoms with E-state index < -0.39 is 6.09 Å². The third kappa shape index (κ3) is 4.93. The molecule has 0 atom stereocenters. The molecule has 1 amide bonds. The molecule has 0 radical (unpaired) electrons. The highest BCUT2D eigenvalue weighted by Crippen LogP contribution is 2.46. The van der Waals surface area contributed by atoms with Crippen LogP contribution in [0.4, 0.5) is 4.79 Å². The Kier molecular flexibility index (Phi) is 5.24. The van der Waals surface area contributed by atoms with Crippen LogP contribution in [0, 0.1) is 5.41 Å². The number of nitrogens with zero attached hydrogens (tertiary/aromatic N) is 2. The molecule has 3 rings (SSSR count). The Labute approximate surface area is 151 Å². The van der Waals surface area contributed by atoms with Crippen molar-refractivity contribution < 1.29 is 14.6 Å². The molecule has 0 aliphatic heterocycles. The number of aromatic nitrogens is 1. The van der Waals surface area contributed by atoms with Crippen LogP contribution in [0.1, 0.15) is 17.7 Å². The number of ether oxygens (including phenoxy) is 1. The van der Waals surface area contributed by atoms with E-state index >= 15 is 0 Å². The third-order valence-corrected chi connectivity index (χ3v) is 5.27. The Morgan fingerprint density at radius 2 is 2.08 bits per heavy atom. The molecule has 1 aromatic carbocycles. The standard InChI is InChI=1S/C18H23N3O3S/c1-21(2)11-18(7-8-18)12-24-14-5-3-13(4-6-14)16-19-9-15(25-16)10-20-17(22)23/h3-6,9,20H,7-8,10-12H2,1-2H3,(H,22,23). The van der Waals surface area contributed by atoms with Crippen molar-refractivity contribution in [2.75, 3.05) is 27.2 Å². The molecule has 0 saturated heterocycles. The molecule has 2 aromatic rings. The molecule has 1 saturated carbocycles. The first-order valence-electron chi connectivity index (χ1n) is 8.25. The zero-order chi connectivity index (χ0) is 17.9. The molecule has 25 heavy (non-hydrogen) atoms. The monoisotopic (exact) mass is 361 g/mol. The zero-order valence-corrected chi connectivity index (χ0v) is 15.3. The van der Waals surface area contributed by atoms with Crippen LogP contribution >= 0.6 is 11.3 Å². The van der Waals surface area contributed by atoms with E-state index in [1.54, 1.807) is 6.20 Å². The van der Waals surface area contributed by atoms with Gasteiger partial charge in [-0.2, -0.15) is 0 Å². The summed E-state index contributed by atoms with van der Waals surface area (Å²) in [6.07, 6.45) is 3.14. The van der Waals surface area contributed by atoms with Gasteiger partial charge in [-0.15, -0.1) is 11.3 Å². The highest BCUT2D eigenvalue weighted by molar-refractivity contribution is 7.15. The number of benzene rings is 1. The fourth-order valence-corrected chi connectivity index (χ4v) is 3.67. The summed E-state index contributed by atoms with van der Waals surface area (Å²) < 4.78 is 5.98. The average molecular weight is 361 g/mol. The minimum absolute atomic E-state index is 0.280. The van der Waals surface area contributed by atoms with E-state index in [1.165, 1.54) is 24.2 Å². The first-order valence-corrected chi connectivity index (χ1v) is 9.07. The fourth-order valence-electron chi connectivity index (χ4n) is 2.81. The molecule has 0 bridgehead atoms. The van der Waals surface area contributed by atoms with Crippen LogP contribution in [0.15, 0.2) is 30.5 Å². The second-order valence-electron chi connectivity index (χ2n) is 6.84. The van der Waals surface area contributed by atoms with Gasteiger partial charge in [0.1, 0.15) is 10.8 Å². The largest absolute Gasteiger partial charge is 0.493 e. The molecule has 6 nitrogen and oxygen atoms in total. The maximum atomic E-state index is 10.5. The average Bonchev–Trinajstić information content (AvgIpc) is 3.16. The van der Waals surface area contributed by atoms with Crippen LogP contribution in [0.3, 0.4) is 0 Å². The topological polar surface area (TPSA) is 74.7 Å². The van der Waals surface area contributed by atoms with Gasteiger partial charge in [-0.25, -0.2) is 9.78 Å². The number of nitrogens with one attached hydrogen (secondary N) is 1. The molecule has 134 valence electrons. The zero-order valence-electron chi connectivity index (χ0n) is 14.5. The lowest BCUT2D eigenvalue weighted by molar-refractivity contribution is 0.194. The Balaban J connectivity index is 1.56. The lowest BCUT2D eigenvalue weighted by atomic mass is 10.1. The summed E-state index contributed by atoms with van der Waals surface area (Å²) in [5.41, 5.74) is 1.33. The SMILES string of the molecule is CN(C)CC1(COc2ccc(-c3ncc(CNC(=O)O)s3)cc2)CC1. The van der Waals surface area contributed by atoms with Crippen molar-refractivity contribution in [2.24, 2.45) is 5.41 Å². The van der Waals surface area contributed by atoms with Gasteiger partial charge in [-0.3, -0.25) is 0 Å². The Morgan fingerprint density at radius 3 is 2.68 bits per heavy atom. The highest BCUT2D eigenvalue weighted by Gasteiger charge is 2.43. The summed E-state index contributed by atoms with van der Waals surface area (Å²) in [5.74, 6) is 0.873. The molecule has 1 aliphatic rings. The van der Waals surface area contributed by atoms with Crippen molar-refractivity contribution in [3.05, 3.63) is 35.3 Å². The van der Waals surface area contributed by atoms with Crippen molar-refractivity contribution in [1.29, 1.82) is 0 Å². The molecule has 2 N–H and O–H groups in total. The van der Waals surface area contributed by atoms with Crippen molar-refractivity contribution in [3.8, 4) is 16.3 Å². The number of thiazole rings is 1. The van der Waals surface area contributed by atoms with Crippen LogP contribution in [0.25, 0.3) is 10.6 Å². The summed E-state index contributed by atoms with van der Waals surface area (Å²) in [6.45, 7) is 2.10. The molecule has 1 aromatic heterocycles. The molecule has 0 spiro atoms. The first kappa shape index (κ1) is 17.7. The van der Waals surface area contributed by atoms with E-state index in [2.05, 4.69) is 29.3 Å². The smallest absolute Gasteiger partial charge is 0.404 e. The van der Waals surface area contributed by atoms with Gasteiger partial charge < -0.3 is 20.1 Å². The number of hydrogen-bond donors (Lipinski definition) is 2. The van der Waals surface area contributed by atoms with E-state index in [0.717, 1.165) is 34.3 Å². The molecule has 1 aliphatic carbocycles. The van der Waals surface area contributed by atoms with Gasteiger partial charge in [0.15, 0.2) is 0 Å². The predicted molar refractivity (Wildman–Crippen MR) is 98.1 cm³/mol. The molecular weight excluding hydrogens is 338 g/mol. The minimum Gasteiger partial charge on any atom is -0.493 e. The summed E-state index contributed by atoms with van der Waals surface area (Å²) >= 11 is 1.48. The van der Waals surface area contributed by atoms with Crippen LogP contribution in [-0.4, -0.2) is 48.3 Å². The molecular formula is C18H23N3O3S. The lowest BCUT2D eigenvalue weighted by Crippen LogP contribution is -2.27. The molecule has 0 unspecified atom stereocenters. The van der Waals surface area contributed by atoms with E-state index in [9.17, 15) is 4.79 Å². The molecule has 1 heterocycles. The second-order valence-corrected chi connectivity index (χ2v) is 7.96. The number of carboxylic acid groups (broad SMARTS) is 1. The lowest BCUT2D eigenvalue weighted by Gasteiger charge is -2.20. The number of hydrogen-bond acceptors (Lipinski definition) is 5. The van der Waals surface area contributed by atoms with Crippen molar-refractivity contribution in [2.45, 2.75) is 19.4 Å². The Hall–Kier alpha value is -2.12. The summed E-state index contributed by atoms with van der Waals surface area (Å²) in [7, 11) is 4.20. The second kappa shape index (κ2) is 7.41. The molecule has 7 heteroatoms. The Morgan fingerprint density at radius 1 is 1.36 bits per heavy atom. The van der Waals surface area contributed by atoms with E-state index in [0.29, 0.717) is 5.41 Å². The van der Waals surface area contributed by atoms with Crippen LogP contribution in [0.5, 0.6) is 5.75 Å². The van der Waals surface area contributed by atoms with E-state index in [4.69, 9.17) is 9.84 Å². The van der Waals surface area contributed by atoms with Gasteiger partial charge in [-0.05, 0) is 51.2 Å². The van der Waals surface area contributed by atoms with Gasteiger partial charge in [0.25, 0.3) is 0 Å². The maximum absolute atomic E-state index is 10.5. The van der Waals surface area contributed by atoms with Crippen LogP contribution in [0.2, 0.25) is 0 Å². The number of amides is 1. The van der Waals surface area contributed by atoms with Crippen molar-refractivity contribution in [3.63, 3.8) is 0 Å². The first-order chi connectivity index (χ1) is 12.0. The highest BCUT2D eigenvalue weighted by atomic mass is 32.1. The summed E-state index contributed by atoms with van der Waals surface area (Å²) in [4.78, 5) is 18.0. The number of rotatable bonds is 8. The van der Waals surface area contributed by atoms with Crippen LogP contribution in [-0.2, 0) is 6.54 Å². The van der Waals surface area contributed by atoms with Gasteiger partial charge >= 0.3 is 6.09 Å². The van der Waals surface area contributed by atoms with Gasteiger partial charge in [0.05, 0.1) is 13.2 Å². The maximum Gasteiger partial charge on any atom is 0.404 e. The van der Waals surface area contributed by atoms with Crippen molar-refractivity contribution in [1.82, 2.24) is 15.2 Å². The quantitative estimate of drug-likeness (QED) is 0.755. The minimum atomic E-state index is -1.03. The normalized spacial score (nSPS) is 15.2. The van der Waals surface area contributed by atoms with Gasteiger partial charge in [0, 0.05) is 28.6 Å². The van der Waals surface area contributed by atoms with Crippen LogP contribution < -0.4 is 10.1 Å². The van der Waals surface area contributed by atoms with Gasteiger partial charge in [0.2, 0.25) is 0 Å². The number of carbonyl (C=O) groups is 1. The van der Waals surface area contributed by atoms with E-state index in [-0.39, 0.29) is 6.54 Å². The molecule has 1 fully saturated rings.